The lowest BCUT2D eigenvalue weighted by Gasteiger charge is -2.42. The maximum absolute atomic E-state index is 13.0. The smallest absolute Gasteiger partial charge is 0.263 e. The summed E-state index contributed by atoms with van der Waals surface area (Å²) in [5.41, 5.74) is 1.63. The van der Waals surface area contributed by atoms with Gasteiger partial charge in [0, 0.05) is 51.4 Å². The van der Waals surface area contributed by atoms with Gasteiger partial charge in [-0.1, -0.05) is 6.92 Å². The van der Waals surface area contributed by atoms with Gasteiger partial charge in [-0.25, -0.2) is 13.4 Å². The first kappa shape index (κ1) is 22.9. The highest BCUT2D eigenvalue weighted by atomic mass is 32.2. The summed E-state index contributed by atoms with van der Waals surface area (Å²) in [7, 11) is -0.834. The number of hydrogen-bond acceptors (Lipinski definition) is 8. The Hall–Kier alpha value is -2.27. The van der Waals surface area contributed by atoms with Crippen molar-refractivity contribution in [2.24, 2.45) is 0 Å². The fraction of sp³-hybridized carbons (Fsp3) is 0.545. The Balaban J connectivity index is 1.55. The Morgan fingerprint density at radius 1 is 1.25 bits per heavy atom. The molecule has 174 valence electrons. The third kappa shape index (κ3) is 4.45. The molecule has 0 amide bonds. The Labute approximate surface area is 188 Å². The topological polar surface area (TPSA) is 114 Å². The van der Waals surface area contributed by atoms with Crippen LogP contribution in [0.2, 0.25) is 0 Å². The molecule has 2 aliphatic rings. The molecule has 2 aromatic heterocycles. The normalized spacial score (nSPS) is 23.7. The van der Waals surface area contributed by atoms with Gasteiger partial charge in [0.2, 0.25) is 5.88 Å². The van der Waals surface area contributed by atoms with E-state index in [1.807, 2.05) is 6.07 Å². The van der Waals surface area contributed by atoms with Crippen LogP contribution in [0.3, 0.4) is 0 Å². The Morgan fingerprint density at radius 3 is 2.62 bits per heavy atom. The average Bonchev–Trinajstić information content (AvgIpc) is 2.97. The molecule has 0 radical (unpaired) electrons. The zero-order valence-electron chi connectivity index (χ0n) is 18.7. The Bertz CT molecular complexity index is 1070. The number of nitrogens with one attached hydrogen (secondary N) is 1. The molecular weight excluding hydrogens is 432 g/mol. The van der Waals surface area contributed by atoms with Crippen molar-refractivity contribution in [2.45, 2.75) is 49.2 Å². The van der Waals surface area contributed by atoms with Gasteiger partial charge in [-0.05, 0) is 36.7 Å². The number of anilines is 1. The van der Waals surface area contributed by atoms with E-state index in [-0.39, 0.29) is 16.9 Å². The zero-order valence-corrected chi connectivity index (χ0v) is 19.5. The van der Waals surface area contributed by atoms with Crippen molar-refractivity contribution in [1.82, 2.24) is 14.9 Å². The van der Waals surface area contributed by atoms with E-state index in [9.17, 15) is 13.5 Å². The molecule has 4 rings (SSSR count). The van der Waals surface area contributed by atoms with E-state index in [1.54, 1.807) is 13.2 Å². The van der Waals surface area contributed by atoms with E-state index in [4.69, 9.17) is 9.47 Å². The minimum Gasteiger partial charge on any atom is -0.479 e. The highest BCUT2D eigenvalue weighted by Gasteiger charge is 2.45. The van der Waals surface area contributed by atoms with Crippen LogP contribution in [0.4, 0.5) is 5.69 Å². The number of fused-ring (bicyclic) bond motifs is 1. The Morgan fingerprint density at radius 2 is 2.00 bits per heavy atom. The molecule has 3 heterocycles. The number of nitrogens with zero attached hydrogens (tertiary/aromatic N) is 3. The van der Waals surface area contributed by atoms with Crippen LogP contribution in [-0.2, 0) is 33.2 Å². The van der Waals surface area contributed by atoms with Crippen molar-refractivity contribution >= 4 is 15.7 Å². The van der Waals surface area contributed by atoms with Gasteiger partial charge in [-0.15, -0.1) is 0 Å². The van der Waals surface area contributed by atoms with Gasteiger partial charge in [0.05, 0.1) is 18.9 Å². The maximum atomic E-state index is 13.0. The number of hydrogen-bond donors (Lipinski definition) is 2. The molecule has 2 N–H and O–H groups in total. The second-order valence-electron chi connectivity index (χ2n) is 8.37. The minimum absolute atomic E-state index is 0.00150. The van der Waals surface area contributed by atoms with Crippen molar-refractivity contribution in [1.29, 1.82) is 0 Å². The third-order valence-electron chi connectivity index (χ3n) is 6.39. The van der Waals surface area contributed by atoms with Crippen LogP contribution in [0.1, 0.15) is 36.7 Å². The van der Waals surface area contributed by atoms with Crippen molar-refractivity contribution in [3.05, 3.63) is 41.3 Å². The fourth-order valence-electron chi connectivity index (χ4n) is 4.29. The molecule has 1 aliphatic carbocycles. The molecule has 2 aromatic rings. The molecule has 10 heteroatoms. The second kappa shape index (κ2) is 8.93. The SMILES string of the molecule is CCN1CCc2cc(NS(=O)(=O)c3ccc([C@]4(O)C[C@@H](OC)C4)nc3)c(OC)nc2CC1. The fourth-order valence-corrected chi connectivity index (χ4v) is 5.29. The van der Waals surface area contributed by atoms with Crippen LogP contribution >= 0.6 is 0 Å². The summed E-state index contributed by atoms with van der Waals surface area (Å²) in [4.78, 5) is 11.1. The van der Waals surface area contributed by atoms with Crippen LogP contribution in [0.15, 0.2) is 29.3 Å². The average molecular weight is 463 g/mol. The molecule has 0 saturated heterocycles. The summed E-state index contributed by atoms with van der Waals surface area (Å²) in [5.74, 6) is 0.247. The van der Waals surface area contributed by atoms with Crippen molar-refractivity contribution in [2.75, 3.05) is 38.6 Å². The number of sulfonamides is 1. The first-order valence-electron chi connectivity index (χ1n) is 10.8. The van der Waals surface area contributed by atoms with Gasteiger partial charge in [0.15, 0.2) is 0 Å². The summed E-state index contributed by atoms with van der Waals surface area (Å²) in [5, 5.41) is 10.6. The summed E-state index contributed by atoms with van der Waals surface area (Å²) < 4.78 is 39.2. The van der Waals surface area contributed by atoms with E-state index < -0.39 is 15.6 Å². The van der Waals surface area contributed by atoms with Gasteiger partial charge in [0.1, 0.15) is 16.2 Å². The van der Waals surface area contributed by atoms with Crippen LogP contribution in [0, 0.1) is 0 Å². The predicted octanol–water partition coefficient (Wildman–Crippen LogP) is 1.70. The molecule has 0 unspecified atom stereocenters. The summed E-state index contributed by atoms with van der Waals surface area (Å²) in [6.07, 6.45) is 3.72. The molecule has 0 atom stereocenters. The number of aromatic nitrogens is 2. The second-order valence-corrected chi connectivity index (χ2v) is 10.0. The van der Waals surface area contributed by atoms with Gasteiger partial charge in [-0.2, -0.15) is 0 Å². The van der Waals surface area contributed by atoms with E-state index in [0.29, 0.717) is 24.2 Å². The number of pyridine rings is 2. The summed E-state index contributed by atoms with van der Waals surface area (Å²) in [6.45, 7) is 4.92. The molecule has 1 fully saturated rings. The van der Waals surface area contributed by atoms with Gasteiger partial charge in [0.25, 0.3) is 10.0 Å². The lowest BCUT2D eigenvalue weighted by molar-refractivity contribution is -0.135. The molecule has 1 aliphatic heterocycles. The molecule has 0 bridgehead atoms. The number of likely N-dealkylation sites (N-methyl/N-ethyl adjacent to an activating group) is 1. The predicted molar refractivity (Wildman–Crippen MR) is 119 cm³/mol. The van der Waals surface area contributed by atoms with Crippen LogP contribution < -0.4 is 9.46 Å². The summed E-state index contributed by atoms with van der Waals surface area (Å²) in [6, 6.07) is 4.82. The standard InChI is InChI=1S/C22H30N4O5S/c1-4-26-9-7-15-11-19(21(31-3)24-18(15)8-10-26)25-32(28,29)17-5-6-20(23-14-17)22(27)12-16(13-22)30-2/h5-6,11,14,16,25,27H,4,7-10,12-13H2,1-3H3/t16-,22+. The van der Waals surface area contributed by atoms with Crippen LogP contribution in [-0.4, -0.2) is 68.4 Å². The largest absolute Gasteiger partial charge is 0.479 e. The quantitative estimate of drug-likeness (QED) is 0.639. The first-order valence-corrected chi connectivity index (χ1v) is 12.3. The molecular formula is C22H30N4O5S. The minimum atomic E-state index is -3.91. The van der Waals surface area contributed by atoms with Gasteiger partial charge >= 0.3 is 0 Å². The molecule has 0 aromatic carbocycles. The number of aliphatic hydroxyl groups is 1. The number of methoxy groups -OCH3 is 2. The lowest BCUT2D eigenvalue weighted by atomic mass is 9.75. The molecule has 9 nitrogen and oxygen atoms in total. The molecule has 1 saturated carbocycles. The van der Waals surface area contributed by atoms with Crippen LogP contribution in [0.25, 0.3) is 0 Å². The van der Waals surface area contributed by atoms with E-state index >= 15 is 0 Å². The Kier molecular flexibility index (Phi) is 6.39. The van der Waals surface area contributed by atoms with E-state index in [2.05, 4.69) is 26.5 Å². The monoisotopic (exact) mass is 462 g/mol. The highest BCUT2D eigenvalue weighted by Crippen LogP contribution is 2.42. The molecule has 32 heavy (non-hydrogen) atoms. The van der Waals surface area contributed by atoms with Gasteiger partial charge < -0.3 is 19.5 Å². The first-order chi connectivity index (χ1) is 15.3. The zero-order chi connectivity index (χ0) is 22.9. The van der Waals surface area contributed by atoms with Crippen molar-refractivity contribution in [3.63, 3.8) is 0 Å². The van der Waals surface area contributed by atoms with Crippen LogP contribution in [0.5, 0.6) is 5.88 Å². The number of rotatable bonds is 7. The van der Waals surface area contributed by atoms with E-state index in [0.717, 1.165) is 43.7 Å². The molecule has 0 spiro atoms. The van der Waals surface area contributed by atoms with Crippen molar-refractivity contribution < 1.29 is 23.0 Å². The lowest BCUT2D eigenvalue weighted by Crippen LogP contribution is -2.46. The highest BCUT2D eigenvalue weighted by molar-refractivity contribution is 7.92. The maximum Gasteiger partial charge on any atom is 0.263 e. The van der Waals surface area contributed by atoms with Crippen molar-refractivity contribution in [3.8, 4) is 5.88 Å². The van der Waals surface area contributed by atoms with E-state index in [1.165, 1.54) is 19.4 Å². The third-order valence-corrected chi connectivity index (χ3v) is 7.74. The summed E-state index contributed by atoms with van der Waals surface area (Å²) >= 11 is 0. The number of ether oxygens (including phenoxy) is 2. The van der Waals surface area contributed by atoms with Gasteiger partial charge in [-0.3, -0.25) is 9.71 Å².